The SMILES string of the molecule is O=S(=O)(c1cccc(Cl)c1)N1CCC(Cl)CC1. The highest BCUT2D eigenvalue weighted by atomic mass is 35.5. The Morgan fingerprint density at radius 2 is 1.88 bits per heavy atom. The van der Waals surface area contributed by atoms with Gasteiger partial charge in [-0.05, 0) is 31.0 Å². The Hall–Kier alpha value is -0.290. The van der Waals surface area contributed by atoms with E-state index in [1.54, 1.807) is 18.2 Å². The van der Waals surface area contributed by atoms with Crippen molar-refractivity contribution in [2.75, 3.05) is 13.1 Å². The van der Waals surface area contributed by atoms with Crippen LogP contribution in [-0.2, 0) is 10.0 Å². The minimum absolute atomic E-state index is 0.0841. The standard InChI is InChI=1S/C11H13Cl2NO2S/c12-9-4-6-14(7-5-9)17(15,16)11-3-1-2-10(13)8-11/h1-3,8-9H,4-7H2. The minimum atomic E-state index is -3.42. The van der Waals surface area contributed by atoms with Gasteiger partial charge in [0.05, 0.1) is 4.90 Å². The van der Waals surface area contributed by atoms with Gasteiger partial charge in [-0.2, -0.15) is 4.31 Å². The molecule has 0 aliphatic carbocycles. The molecule has 0 aromatic heterocycles. The molecule has 1 aliphatic heterocycles. The maximum atomic E-state index is 12.3. The molecule has 0 N–H and O–H groups in total. The molecule has 1 aliphatic rings. The van der Waals surface area contributed by atoms with E-state index in [1.807, 2.05) is 0 Å². The molecule has 1 aromatic rings. The van der Waals surface area contributed by atoms with E-state index in [0.29, 0.717) is 31.0 Å². The van der Waals surface area contributed by atoms with Gasteiger partial charge in [0.1, 0.15) is 0 Å². The van der Waals surface area contributed by atoms with Gasteiger partial charge >= 0.3 is 0 Å². The zero-order chi connectivity index (χ0) is 12.5. The van der Waals surface area contributed by atoms with E-state index in [9.17, 15) is 8.42 Å². The first-order valence-corrected chi connectivity index (χ1v) is 7.65. The summed E-state index contributed by atoms with van der Waals surface area (Å²) < 4.78 is 26.0. The molecule has 3 nitrogen and oxygen atoms in total. The lowest BCUT2D eigenvalue weighted by atomic mass is 10.2. The number of nitrogens with zero attached hydrogens (tertiary/aromatic N) is 1. The van der Waals surface area contributed by atoms with Gasteiger partial charge in [-0.3, -0.25) is 0 Å². The summed E-state index contributed by atoms with van der Waals surface area (Å²) in [5, 5.41) is 0.513. The van der Waals surface area contributed by atoms with Crippen LogP contribution in [0.25, 0.3) is 0 Å². The predicted octanol–water partition coefficient (Wildman–Crippen LogP) is 2.73. The van der Waals surface area contributed by atoms with Crippen LogP contribution >= 0.6 is 23.2 Å². The molecule has 0 spiro atoms. The molecular weight excluding hydrogens is 281 g/mol. The van der Waals surface area contributed by atoms with Crippen LogP contribution < -0.4 is 0 Å². The normalized spacial score (nSPS) is 19.4. The van der Waals surface area contributed by atoms with Gasteiger partial charge in [0.2, 0.25) is 10.0 Å². The Kier molecular flexibility index (Phi) is 3.98. The minimum Gasteiger partial charge on any atom is -0.207 e. The Morgan fingerprint density at radius 1 is 1.24 bits per heavy atom. The molecule has 0 saturated carbocycles. The van der Waals surface area contributed by atoms with Crippen molar-refractivity contribution in [1.29, 1.82) is 0 Å². The molecule has 0 radical (unpaired) electrons. The third-order valence-electron chi connectivity index (χ3n) is 2.82. The monoisotopic (exact) mass is 293 g/mol. The second-order valence-corrected chi connectivity index (χ2v) is 7.03. The van der Waals surface area contributed by atoms with Crippen LogP contribution in [0.1, 0.15) is 12.8 Å². The highest BCUT2D eigenvalue weighted by Gasteiger charge is 2.28. The maximum absolute atomic E-state index is 12.3. The van der Waals surface area contributed by atoms with Crippen LogP contribution in [0.4, 0.5) is 0 Å². The topological polar surface area (TPSA) is 37.4 Å². The van der Waals surface area contributed by atoms with E-state index < -0.39 is 10.0 Å². The fraction of sp³-hybridized carbons (Fsp3) is 0.455. The smallest absolute Gasteiger partial charge is 0.207 e. The van der Waals surface area contributed by atoms with Crippen LogP contribution in [-0.4, -0.2) is 31.2 Å². The lowest BCUT2D eigenvalue weighted by Gasteiger charge is -2.28. The Balaban J connectivity index is 2.25. The molecule has 0 bridgehead atoms. The summed E-state index contributed by atoms with van der Waals surface area (Å²) in [5.74, 6) is 0. The lowest BCUT2D eigenvalue weighted by Crippen LogP contribution is -2.38. The molecule has 2 rings (SSSR count). The van der Waals surface area contributed by atoms with Crippen molar-refractivity contribution in [2.45, 2.75) is 23.1 Å². The lowest BCUT2D eigenvalue weighted by molar-refractivity contribution is 0.350. The van der Waals surface area contributed by atoms with Crippen molar-refractivity contribution in [3.63, 3.8) is 0 Å². The zero-order valence-electron chi connectivity index (χ0n) is 9.14. The van der Waals surface area contributed by atoms with Crippen molar-refractivity contribution in [1.82, 2.24) is 4.31 Å². The van der Waals surface area contributed by atoms with Crippen molar-refractivity contribution in [2.24, 2.45) is 0 Å². The molecule has 1 heterocycles. The van der Waals surface area contributed by atoms with Crippen molar-refractivity contribution < 1.29 is 8.42 Å². The van der Waals surface area contributed by atoms with E-state index in [4.69, 9.17) is 23.2 Å². The van der Waals surface area contributed by atoms with Gasteiger partial charge in [-0.15, -0.1) is 11.6 Å². The fourth-order valence-electron chi connectivity index (χ4n) is 1.84. The van der Waals surface area contributed by atoms with Crippen LogP contribution in [0.5, 0.6) is 0 Å². The number of rotatable bonds is 2. The van der Waals surface area contributed by atoms with Gasteiger partial charge in [-0.25, -0.2) is 8.42 Å². The Labute approximate surface area is 111 Å². The highest BCUT2D eigenvalue weighted by Crippen LogP contribution is 2.24. The molecular formula is C11H13Cl2NO2S. The molecule has 0 atom stereocenters. The summed E-state index contributed by atoms with van der Waals surface area (Å²) in [6, 6.07) is 6.34. The van der Waals surface area contributed by atoms with E-state index in [2.05, 4.69) is 0 Å². The number of benzene rings is 1. The van der Waals surface area contributed by atoms with E-state index in [0.717, 1.165) is 0 Å². The average Bonchev–Trinajstić information content (AvgIpc) is 2.29. The van der Waals surface area contributed by atoms with Crippen LogP contribution in [0.15, 0.2) is 29.2 Å². The molecule has 1 fully saturated rings. The van der Waals surface area contributed by atoms with Crippen molar-refractivity contribution in [3.05, 3.63) is 29.3 Å². The average molecular weight is 294 g/mol. The predicted molar refractivity (Wildman–Crippen MR) is 69.1 cm³/mol. The number of hydrogen-bond acceptors (Lipinski definition) is 2. The Bertz CT molecular complexity index is 496. The van der Waals surface area contributed by atoms with Crippen molar-refractivity contribution in [3.8, 4) is 0 Å². The third kappa shape index (κ3) is 2.94. The summed E-state index contributed by atoms with van der Waals surface area (Å²) in [5.41, 5.74) is 0. The molecule has 0 amide bonds. The summed E-state index contributed by atoms with van der Waals surface area (Å²) in [6.45, 7) is 0.950. The molecule has 17 heavy (non-hydrogen) atoms. The quantitative estimate of drug-likeness (QED) is 0.787. The summed E-state index contributed by atoms with van der Waals surface area (Å²) in [6.07, 6.45) is 1.39. The number of piperidine rings is 1. The number of sulfonamides is 1. The van der Waals surface area contributed by atoms with Gasteiger partial charge in [0.25, 0.3) is 0 Å². The second kappa shape index (κ2) is 5.14. The summed E-state index contributed by atoms with van der Waals surface area (Å²) >= 11 is 11.8. The molecule has 94 valence electrons. The summed E-state index contributed by atoms with van der Waals surface area (Å²) in [4.78, 5) is 0.248. The number of hydrogen-bond donors (Lipinski definition) is 0. The first-order chi connectivity index (χ1) is 8.00. The van der Waals surface area contributed by atoms with E-state index >= 15 is 0 Å². The van der Waals surface area contributed by atoms with Gasteiger partial charge in [0.15, 0.2) is 0 Å². The largest absolute Gasteiger partial charge is 0.243 e. The van der Waals surface area contributed by atoms with Crippen LogP contribution in [0, 0.1) is 0 Å². The van der Waals surface area contributed by atoms with Crippen molar-refractivity contribution >= 4 is 33.2 Å². The van der Waals surface area contributed by atoms with Gasteiger partial charge in [-0.1, -0.05) is 17.7 Å². The zero-order valence-corrected chi connectivity index (χ0v) is 11.5. The van der Waals surface area contributed by atoms with Gasteiger partial charge in [0, 0.05) is 23.5 Å². The fourth-order valence-corrected chi connectivity index (χ4v) is 3.81. The molecule has 1 saturated heterocycles. The maximum Gasteiger partial charge on any atom is 0.243 e. The third-order valence-corrected chi connectivity index (χ3v) is 5.38. The van der Waals surface area contributed by atoms with E-state index in [-0.39, 0.29) is 10.3 Å². The molecule has 0 unspecified atom stereocenters. The van der Waals surface area contributed by atoms with Crippen LogP contribution in [0.3, 0.4) is 0 Å². The molecule has 1 aromatic carbocycles. The highest BCUT2D eigenvalue weighted by molar-refractivity contribution is 7.89. The molecule has 6 heteroatoms. The summed E-state index contributed by atoms with van der Waals surface area (Å²) in [7, 11) is -3.42. The Morgan fingerprint density at radius 3 is 2.47 bits per heavy atom. The van der Waals surface area contributed by atoms with Gasteiger partial charge < -0.3 is 0 Å². The first kappa shape index (κ1) is 13.1. The number of alkyl halides is 1. The number of halogens is 2. The first-order valence-electron chi connectivity index (χ1n) is 5.40. The second-order valence-electron chi connectivity index (χ2n) is 4.04. The van der Waals surface area contributed by atoms with Crippen LogP contribution in [0.2, 0.25) is 5.02 Å². The van der Waals surface area contributed by atoms with E-state index in [1.165, 1.54) is 10.4 Å².